The molecule has 1 saturated heterocycles. The van der Waals surface area contributed by atoms with Crippen molar-refractivity contribution in [3.63, 3.8) is 0 Å². The largest absolute Gasteiger partial charge is 0.508 e. The van der Waals surface area contributed by atoms with Gasteiger partial charge in [0, 0.05) is 0 Å². The van der Waals surface area contributed by atoms with Crippen LogP contribution in [0.1, 0.15) is 5.56 Å². The molecule has 1 aromatic rings. The van der Waals surface area contributed by atoms with Gasteiger partial charge in [0.1, 0.15) is 17.9 Å². The maximum absolute atomic E-state index is 11.6. The fourth-order valence-corrected chi connectivity index (χ4v) is 1.50. The number of aromatic hydroxyl groups is 1. The van der Waals surface area contributed by atoms with E-state index in [0.29, 0.717) is 19.6 Å². The smallest absolute Gasteiger partial charge is 0.323 e. The first-order valence-corrected chi connectivity index (χ1v) is 5.47. The number of phenolic OH excluding ortho intramolecular Hbond substituents is 1. The Hall–Kier alpha value is -1.59. The van der Waals surface area contributed by atoms with Gasteiger partial charge in [0.25, 0.3) is 0 Å². The summed E-state index contributed by atoms with van der Waals surface area (Å²) in [5.41, 5.74) is 6.62. The van der Waals surface area contributed by atoms with Gasteiger partial charge in [0.05, 0.1) is 13.2 Å². The molecule has 92 valence electrons. The summed E-state index contributed by atoms with van der Waals surface area (Å²) in [6.45, 7) is 0.912. The molecule has 0 aromatic heterocycles. The third-order valence-electron chi connectivity index (χ3n) is 2.59. The molecule has 1 aliphatic rings. The number of hydrogen-bond donors (Lipinski definition) is 2. The fraction of sp³-hybridized carbons (Fsp3) is 0.417. The quantitative estimate of drug-likeness (QED) is 0.731. The summed E-state index contributed by atoms with van der Waals surface area (Å²) in [4.78, 5) is 11.6. The zero-order chi connectivity index (χ0) is 12.3. The molecule has 2 rings (SSSR count). The van der Waals surface area contributed by atoms with E-state index in [-0.39, 0.29) is 11.9 Å². The number of hydrogen-bond acceptors (Lipinski definition) is 5. The van der Waals surface area contributed by atoms with Crippen LogP contribution in [0.5, 0.6) is 5.75 Å². The number of phenols is 1. The summed E-state index contributed by atoms with van der Waals surface area (Å²) in [6, 6.07) is 5.91. The molecule has 3 N–H and O–H groups in total. The molecule has 1 atom stereocenters. The molecule has 1 heterocycles. The summed E-state index contributed by atoms with van der Waals surface area (Å²) in [6.07, 6.45) is 0.250. The van der Waals surface area contributed by atoms with Gasteiger partial charge in [-0.1, -0.05) is 12.1 Å². The van der Waals surface area contributed by atoms with E-state index in [4.69, 9.17) is 20.3 Å². The normalized spacial score (nSPS) is 17.2. The van der Waals surface area contributed by atoms with E-state index in [0.717, 1.165) is 5.56 Å². The molecule has 1 aliphatic heterocycles. The minimum atomic E-state index is -0.680. The lowest BCUT2D eigenvalue weighted by Crippen LogP contribution is -2.43. The topological polar surface area (TPSA) is 81.8 Å². The highest BCUT2D eigenvalue weighted by molar-refractivity contribution is 5.76. The van der Waals surface area contributed by atoms with Crippen molar-refractivity contribution in [2.75, 3.05) is 13.2 Å². The molecule has 0 bridgehead atoms. The van der Waals surface area contributed by atoms with E-state index < -0.39 is 12.0 Å². The SMILES string of the molecule is NC(Cc1ccc(O)cc1)C(=O)OC1COC1. The Morgan fingerprint density at radius 2 is 2.12 bits per heavy atom. The fourth-order valence-electron chi connectivity index (χ4n) is 1.50. The molecule has 5 nitrogen and oxygen atoms in total. The minimum Gasteiger partial charge on any atom is -0.508 e. The Balaban J connectivity index is 1.84. The van der Waals surface area contributed by atoms with Gasteiger partial charge in [-0.25, -0.2) is 0 Å². The molecule has 1 unspecified atom stereocenters. The third-order valence-corrected chi connectivity index (χ3v) is 2.59. The van der Waals surface area contributed by atoms with Gasteiger partial charge in [-0.15, -0.1) is 0 Å². The third kappa shape index (κ3) is 3.18. The van der Waals surface area contributed by atoms with Crippen molar-refractivity contribution in [1.29, 1.82) is 0 Å². The van der Waals surface area contributed by atoms with Crippen LogP contribution in [0.2, 0.25) is 0 Å². The lowest BCUT2D eigenvalue weighted by atomic mass is 10.1. The highest BCUT2D eigenvalue weighted by Crippen LogP contribution is 2.12. The molecule has 0 aliphatic carbocycles. The van der Waals surface area contributed by atoms with Crippen LogP contribution in [0.4, 0.5) is 0 Å². The maximum atomic E-state index is 11.6. The van der Waals surface area contributed by atoms with Crippen LogP contribution in [0.25, 0.3) is 0 Å². The van der Waals surface area contributed by atoms with Crippen molar-refractivity contribution in [2.24, 2.45) is 5.73 Å². The second-order valence-corrected chi connectivity index (χ2v) is 4.07. The van der Waals surface area contributed by atoms with Crippen molar-refractivity contribution < 1.29 is 19.4 Å². The molecule has 1 fully saturated rings. The summed E-state index contributed by atoms with van der Waals surface area (Å²) in [7, 11) is 0. The number of rotatable bonds is 4. The summed E-state index contributed by atoms with van der Waals surface area (Å²) < 4.78 is 10.0. The molecule has 17 heavy (non-hydrogen) atoms. The molecule has 0 radical (unpaired) electrons. The van der Waals surface area contributed by atoms with Gasteiger partial charge < -0.3 is 20.3 Å². The summed E-state index contributed by atoms with van der Waals surface area (Å²) >= 11 is 0. The standard InChI is InChI=1S/C12H15NO4/c13-11(12(15)17-10-6-16-7-10)5-8-1-3-9(14)4-2-8/h1-4,10-11,14H,5-7,13H2. The summed E-state index contributed by atoms with van der Waals surface area (Å²) in [5.74, 6) is -0.220. The van der Waals surface area contributed by atoms with Gasteiger partial charge in [-0.05, 0) is 24.1 Å². The zero-order valence-corrected chi connectivity index (χ0v) is 9.33. The molecule has 0 spiro atoms. The van der Waals surface area contributed by atoms with E-state index in [1.165, 1.54) is 0 Å². The molecule has 0 amide bonds. The average molecular weight is 237 g/mol. The van der Waals surface area contributed by atoms with E-state index in [9.17, 15) is 4.79 Å². The van der Waals surface area contributed by atoms with E-state index in [2.05, 4.69) is 0 Å². The van der Waals surface area contributed by atoms with Crippen LogP contribution < -0.4 is 5.73 Å². The lowest BCUT2D eigenvalue weighted by molar-refractivity contribution is -0.173. The zero-order valence-electron chi connectivity index (χ0n) is 9.33. The predicted octanol–water partition coefficient (Wildman–Crippen LogP) is 0.204. The van der Waals surface area contributed by atoms with Crippen molar-refractivity contribution in [3.8, 4) is 5.75 Å². The van der Waals surface area contributed by atoms with Crippen LogP contribution in [-0.2, 0) is 20.7 Å². The molecule has 1 aromatic carbocycles. The predicted molar refractivity (Wildman–Crippen MR) is 60.5 cm³/mol. The van der Waals surface area contributed by atoms with Gasteiger partial charge >= 0.3 is 5.97 Å². The first kappa shape index (κ1) is 11.9. The Bertz CT molecular complexity index is 386. The molecule has 0 saturated carbocycles. The number of carbonyl (C=O) groups is 1. The number of nitrogens with two attached hydrogens (primary N) is 1. The highest BCUT2D eigenvalue weighted by Gasteiger charge is 2.25. The molecular formula is C12H15NO4. The summed E-state index contributed by atoms with van der Waals surface area (Å²) in [5, 5.41) is 9.12. The average Bonchev–Trinajstić information content (AvgIpc) is 2.26. The Labute approximate surface area is 99.1 Å². The maximum Gasteiger partial charge on any atom is 0.323 e. The van der Waals surface area contributed by atoms with Crippen LogP contribution in [-0.4, -0.2) is 36.4 Å². The van der Waals surface area contributed by atoms with Gasteiger partial charge in [0.2, 0.25) is 0 Å². The lowest BCUT2D eigenvalue weighted by Gasteiger charge is -2.26. The van der Waals surface area contributed by atoms with E-state index in [1.807, 2.05) is 0 Å². The van der Waals surface area contributed by atoms with Crippen molar-refractivity contribution in [2.45, 2.75) is 18.6 Å². The van der Waals surface area contributed by atoms with E-state index >= 15 is 0 Å². The molecular weight excluding hydrogens is 222 g/mol. The van der Waals surface area contributed by atoms with Crippen molar-refractivity contribution >= 4 is 5.97 Å². The minimum absolute atomic E-state index is 0.145. The monoisotopic (exact) mass is 237 g/mol. The Morgan fingerprint density at radius 1 is 1.47 bits per heavy atom. The first-order valence-electron chi connectivity index (χ1n) is 5.47. The first-order chi connectivity index (χ1) is 8.15. The molecule has 5 heteroatoms. The number of ether oxygens (including phenoxy) is 2. The van der Waals surface area contributed by atoms with Crippen LogP contribution >= 0.6 is 0 Å². The van der Waals surface area contributed by atoms with Crippen LogP contribution in [0.3, 0.4) is 0 Å². The van der Waals surface area contributed by atoms with Crippen molar-refractivity contribution in [1.82, 2.24) is 0 Å². The Kier molecular flexibility index (Phi) is 3.61. The number of carbonyl (C=O) groups excluding carboxylic acids is 1. The van der Waals surface area contributed by atoms with E-state index in [1.54, 1.807) is 24.3 Å². The van der Waals surface area contributed by atoms with Crippen LogP contribution in [0.15, 0.2) is 24.3 Å². The van der Waals surface area contributed by atoms with Crippen molar-refractivity contribution in [3.05, 3.63) is 29.8 Å². The Morgan fingerprint density at radius 3 is 2.65 bits per heavy atom. The number of esters is 1. The van der Waals surface area contributed by atoms with Gasteiger partial charge in [-0.2, -0.15) is 0 Å². The second kappa shape index (κ2) is 5.16. The number of benzene rings is 1. The highest BCUT2D eigenvalue weighted by atomic mass is 16.6. The van der Waals surface area contributed by atoms with Gasteiger partial charge in [0.15, 0.2) is 0 Å². The van der Waals surface area contributed by atoms with Gasteiger partial charge in [-0.3, -0.25) is 4.79 Å². The van der Waals surface area contributed by atoms with Crippen LogP contribution in [0, 0.1) is 0 Å². The second-order valence-electron chi connectivity index (χ2n) is 4.07.